The van der Waals surface area contributed by atoms with Crippen molar-refractivity contribution in [3.8, 4) is 0 Å². The van der Waals surface area contributed by atoms with Crippen LogP contribution in [0, 0.1) is 4.91 Å². The Morgan fingerprint density at radius 1 is 1.64 bits per heavy atom. The van der Waals surface area contributed by atoms with Crippen LogP contribution < -0.4 is 0 Å². The summed E-state index contributed by atoms with van der Waals surface area (Å²) in [7, 11) is 0. The second-order valence-corrected chi connectivity index (χ2v) is 1.77. The molecule has 1 heterocycles. The van der Waals surface area contributed by atoms with Gasteiger partial charge in [0.05, 0.1) is 5.69 Å². The van der Waals surface area contributed by atoms with Crippen LogP contribution in [0.2, 0.25) is 0 Å². The minimum Gasteiger partial charge on any atom is -0.761 e. The number of rotatable bonds is 2. The third-order valence-corrected chi connectivity index (χ3v) is 1.10. The van der Waals surface area contributed by atoms with Crippen molar-refractivity contribution in [1.82, 2.24) is 4.98 Å². The minimum absolute atomic E-state index is 0.189. The number of nitrogens with zero attached hydrogens (tertiary/aromatic N) is 3. The van der Waals surface area contributed by atoms with Crippen molar-refractivity contribution in [2.24, 2.45) is 5.18 Å². The zero-order valence-electron chi connectivity index (χ0n) is 5.56. The van der Waals surface area contributed by atoms with Gasteiger partial charge < -0.3 is 5.41 Å². The molecule has 1 rings (SSSR count). The van der Waals surface area contributed by atoms with Crippen LogP contribution in [0.4, 0.5) is 0 Å². The second kappa shape index (κ2) is 3.39. The first-order chi connectivity index (χ1) is 5.38. The molecule has 4 nitrogen and oxygen atoms in total. The standard InChI is InChI=1S/C7H4N3O/c8-5-7(10-11)6-3-1-2-4-9-6/h1-4H/q-1. The van der Waals surface area contributed by atoms with E-state index in [-0.39, 0.29) is 5.70 Å². The molecule has 0 aliphatic carbocycles. The van der Waals surface area contributed by atoms with Crippen molar-refractivity contribution >= 4 is 11.6 Å². The third-order valence-electron chi connectivity index (χ3n) is 1.10. The van der Waals surface area contributed by atoms with Gasteiger partial charge >= 0.3 is 0 Å². The molecule has 0 N–H and O–H groups in total. The SMILES string of the molecule is [N-]=C=C(N=O)c1ccccn1. The lowest BCUT2D eigenvalue weighted by molar-refractivity contribution is 1.26. The van der Waals surface area contributed by atoms with Crippen LogP contribution in [0.25, 0.3) is 11.1 Å². The summed E-state index contributed by atoms with van der Waals surface area (Å²) < 4.78 is 0. The van der Waals surface area contributed by atoms with E-state index in [0.717, 1.165) is 0 Å². The molecule has 0 spiro atoms. The highest BCUT2D eigenvalue weighted by Crippen LogP contribution is 2.06. The largest absolute Gasteiger partial charge is 0.761 e. The predicted octanol–water partition coefficient (Wildman–Crippen LogP) is 1.43. The first-order valence-electron chi connectivity index (χ1n) is 2.90. The molecule has 4 heteroatoms. The minimum atomic E-state index is -0.189. The van der Waals surface area contributed by atoms with Gasteiger partial charge in [0, 0.05) is 6.20 Å². The zero-order valence-corrected chi connectivity index (χ0v) is 5.56. The highest BCUT2D eigenvalue weighted by Gasteiger charge is 1.96. The maximum absolute atomic E-state index is 9.99. The molecule has 0 amide bonds. The van der Waals surface area contributed by atoms with E-state index in [9.17, 15) is 4.91 Å². The van der Waals surface area contributed by atoms with Crippen molar-refractivity contribution in [3.05, 3.63) is 40.4 Å². The van der Waals surface area contributed by atoms with Gasteiger partial charge in [0.1, 0.15) is 0 Å². The third kappa shape index (κ3) is 1.56. The van der Waals surface area contributed by atoms with Crippen LogP contribution in [0.3, 0.4) is 0 Å². The van der Waals surface area contributed by atoms with Crippen LogP contribution in [0.1, 0.15) is 5.69 Å². The fourth-order valence-corrected chi connectivity index (χ4v) is 0.627. The van der Waals surface area contributed by atoms with Gasteiger partial charge in [-0.15, -0.1) is 4.91 Å². The molecule has 0 unspecified atom stereocenters. The van der Waals surface area contributed by atoms with Crippen molar-refractivity contribution in [2.45, 2.75) is 0 Å². The Morgan fingerprint density at radius 2 is 2.45 bits per heavy atom. The molecule has 0 radical (unpaired) electrons. The summed E-state index contributed by atoms with van der Waals surface area (Å²) in [4.78, 5) is 13.8. The van der Waals surface area contributed by atoms with Gasteiger partial charge in [-0.25, -0.2) is 5.87 Å². The first-order valence-corrected chi connectivity index (χ1v) is 2.90. The maximum Gasteiger partial charge on any atom is 0.152 e. The molecule has 54 valence electrons. The van der Waals surface area contributed by atoms with E-state index in [2.05, 4.69) is 10.2 Å². The molecular weight excluding hydrogens is 142 g/mol. The van der Waals surface area contributed by atoms with Gasteiger partial charge in [-0.1, -0.05) is 6.07 Å². The molecule has 0 bridgehead atoms. The van der Waals surface area contributed by atoms with Gasteiger partial charge in [0.25, 0.3) is 0 Å². The smallest absolute Gasteiger partial charge is 0.152 e. The van der Waals surface area contributed by atoms with E-state index >= 15 is 0 Å². The quantitative estimate of drug-likeness (QED) is 0.468. The molecule has 1 aromatic heterocycles. The lowest BCUT2D eigenvalue weighted by Crippen LogP contribution is -1.83. The Balaban J connectivity index is 3.11. The summed E-state index contributed by atoms with van der Waals surface area (Å²) in [5.41, 5.74) is 0.121. The Kier molecular flexibility index (Phi) is 2.25. The molecule has 0 aromatic carbocycles. The van der Waals surface area contributed by atoms with Gasteiger partial charge in [0.15, 0.2) is 5.70 Å². The number of hydrogen-bond donors (Lipinski definition) is 0. The van der Waals surface area contributed by atoms with Crippen molar-refractivity contribution in [2.75, 3.05) is 0 Å². The number of hydrogen-bond acceptors (Lipinski definition) is 3. The van der Waals surface area contributed by atoms with Crippen molar-refractivity contribution in [3.63, 3.8) is 0 Å². The van der Waals surface area contributed by atoms with E-state index in [1.165, 1.54) is 6.20 Å². The lowest BCUT2D eigenvalue weighted by Gasteiger charge is -1.93. The van der Waals surface area contributed by atoms with Crippen LogP contribution in [-0.2, 0) is 0 Å². The number of aromatic nitrogens is 1. The molecule has 0 saturated heterocycles. The van der Waals surface area contributed by atoms with Crippen LogP contribution in [0.5, 0.6) is 0 Å². The van der Waals surface area contributed by atoms with E-state index < -0.39 is 0 Å². The Morgan fingerprint density at radius 3 is 2.91 bits per heavy atom. The van der Waals surface area contributed by atoms with Gasteiger partial charge in [-0.05, 0) is 17.3 Å². The van der Waals surface area contributed by atoms with E-state index in [1.54, 1.807) is 24.1 Å². The summed E-state index contributed by atoms with van der Waals surface area (Å²) in [6.07, 6.45) is 1.50. The van der Waals surface area contributed by atoms with Gasteiger partial charge in [-0.2, -0.15) is 0 Å². The second-order valence-electron chi connectivity index (χ2n) is 1.77. The Bertz CT molecular complexity index is 301. The Labute approximate surface area is 63.1 Å². The fraction of sp³-hybridized carbons (Fsp3) is 0. The molecular formula is C7H4N3O-. The van der Waals surface area contributed by atoms with Crippen LogP contribution in [-0.4, -0.2) is 10.9 Å². The average Bonchev–Trinajstić information content (AvgIpc) is 2.09. The normalized spacial score (nSPS) is 8.36. The van der Waals surface area contributed by atoms with E-state index in [4.69, 9.17) is 5.41 Å². The average molecular weight is 146 g/mol. The topological polar surface area (TPSA) is 64.6 Å². The predicted molar refractivity (Wildman–Crippen MR) is 41.8 cm³/mol. The molecule has 0 aliphatic heterocycles. The van der Waals surface area contributed by atoms with E-state index in [1.807, 2.05) is 0 Å². The zero-order chi connectivity index (χ0) is 8.10. The molecule has 11 heavy (non-hydrogen) atoms. The van der Waals surface area contributed by atoms with Crippen molar-refractivity contribution < 1.29 is 0 Å². The van der Waals surface area contributed by atoms with Crippen LogP contribution in [0.15, 0.2) is 29.6 Å². The van der Waals surface area contributed by atoms with Crippen molar-refractivity contribution in [1.29, 1.82) is 0 Å². The molecule has 1 aromatic rings. The monoisotopic (exact) mass is 146 g/mol. The maximum atomic E-state index is 9.99. The summed E-state index contributed by atoms with van der Waals surface area (Å²) >= 11 is 0. The summed E-state index contributed by atoms with van der Waals surface area (Å²) in [6, 6.07) is 4.94. The van der Waals surface area contributed by atoms with Crippen LogP contribution >= 0.6 is 0 Å². The Hall–Kier alpha value is -1.80. The molecule has 0 saturated carbocycles. The molecule has 0 fully saturated rings. The first kappa shape index (κ1) is 7.31. The van der Waals surface area contributed by atoms with E-state index in [0.29, 0.717) is 5.69 Å². The fourth-order valence-electron chi connectivity index (χ4n) is 0.627. The van der Waals surface area contributed by atoms with Gasteiger partial charge in [-0.3, -0.25) is 4.98 Å². The molecule has 0 aliphatic rings. The summed E-state index contributed by atoms with van der Waals surface area (Å²) in [6.45, 7) is 0. The number of nitroso groups, excluding NO2 is 1. The lowest BCUT2D eigenvalue weighted by atomic mass is 10.3. The number of pyridine rings is 1. The summed E-state index contributed by atoms with van der Waals surface area (Å²) in [5.74, 6) is 1.64. The highest BCUT2D eigenvalue weighted by molar-refractivity contribution is 5.89. The summed E-state index contributed by atoms with van der Waals surface area (Å²) in [5, 5.41) is 10.9. The van der Waals surface area contributed by atoms with Gasteiger partial charge in [0.2, 0.25) is 0 Å². The molecule has 0 atom stereocenters. The highest BCUT2D eigenvalue weighted by atomic mass is 16.3.